The van der Waals surface area contributed by atoms with Gasteiger partial charge in [-0.3, -0.25) is 4.79 Å². The molecule has 0 radical (unpaired) electrons. The van der Waals surface area contributed by atoms with Gasteiger partial charge in [0, 0.05) is 11.8 Å². The highest BCUT2D eigenvalue weighted by molar-refractivity contribution is 5.99. The molecule has 38 heavy (non-hydrogen) atoms. The molecule has 5 aromatic rings. The lowest BCUT2D eigenvalue weighted by atomic mass is 10.1. The van der Waals surface area contributed by atoms with Gasteiger partial charge in [-0.15, -0.1) is 5.10 Å². The summed E-state index contributed by atoms with van der Waals surface area (Å²) in [5.74, 6) is 0.582. The molecule has 3 aromatic carbocycles. The number of halogens is 1. The molecule has 0 fully saturated rings. The maximum atomic E-state index is 13.5. The minimum Gasteiger partial charge on any atom is -0.493 e. The maximum Gasteiger partial charge on any atom is 0.255 e. The number of para-hydroxylation sites is 1. The van der Waals surface area contributed by atoms with Gasteiger partial charge in [-0.2, -0.15) is 5.10 Å². The fourth-order valence-corrected chi connectivity index (χ4v) is 4.00. The largest absolute Gasteiger partial charge is 0.493 e. The molecule has 0 atom stereocenters. The van der Waals surface area contributed by atoms with Crippen LogP contribution in [0.4, 0.5) is 4.39 Å². The van der Waals surface area contributed by atoms with Crippen LogP contribution in [-0.2, 0) is 13.1 Å². The van der Waals surface area contributed by atoms with Crippen LogP contribution in [0.15, 0.2) is 85.2 Å². The van der Waals surface area contributed by atoms with Gasteiger partial charge in [0.2, 0.25) is 0 Å². The molecule has 0 aliphatic carbocycles. The quantitative estimate of drug-likeness (QED) is 0.317. The second-order valence-corrected chi connectivity index (χ2v) is 8.46. The molecule has 2 aromatic heterocycles. The Balaban J connectivity index is 1.32. The van der Waals surface area contributed by atoms with E-state index in [2.05, 4.69) is 20.7 Å². The second kappa shape index (κ2) is 11.0. The summed E-state index contributed by atoms with van der Waals surface area (Å²) in [6.07, 6.45) is 3.43. The zero-order valence-corrected chi connectivity index (χ0v) is 20.8. The third-order valence-corrected chi connectivity index (χ3v) is 5.91. The molecular weight excluding hydrogens is 487 g/mol. The van der Waals surface area contributed by atoms with Crippen molar-refractivity contribution in [3.8, 4) is 28.4 Å². The smallest absolute Gasteiger partial charge is 0.255 e. The molecule has 0 unspecified atom stereocenters. The minimum absolute atomic E-state index is 0.171. The summed E-state index contributed by atoms with van der Waals surface area (Å²) in [5, 5.41) is 15.9. The molecule has 0 spiro atoms. The number of nitrogens with one attached hydrogen (secondary N) is 1. The van der Waals surface area contributed by atoms with E-state index in [-0.39, 0.29) is 18.3 Å². The topological polar surface area (TPSA) is 96.1 Å². The first-order valence-electron chi connectivity index (χ1n) is 11.8. The molecular formula is C28H25FN6O3. The van der Waals surface area contributed by atoms with Crippen molar-refractivity contribution in [3.05, 3.63) is 108 Å². The van der Waals surface area contributed by atoms with Crippen LogP contribution >= 0.6 is 0 Å². The Morgan fingerprint density at radius 1 is 0.947 bits per heavy atom. The molecule has 10 heteroatoms. The van der Waals surface area contributed by atoms with Gasteiger partial charge in [0.15, 0.2) is 11.5 Å². The van der Waals surface area contributed by atoms with Gasteiger partial charge < -0.3 is 14.8 Å². The van der Waals surface area contributed by atoms with Crippen LogP contribution in [0.1, 0.15) is 21.6 Å². The first kappa shape index (κ1) is 24.7. The SMILES string of the molecule is COc1ccc(Cn2cc(CNC(=O)c3cn(-c4ccccc4)nc3-c3ccc(F)cc3)nn2)cc1OC. The Labute approximate surface area is 218 Å². The monoisotopic (exact) mass is 512 g/mol. The van der Waals surface area contributed by atoms with E-state index in [0.29, 0.717) is 40.6 Å². The van der Waals surface area contributed by atoms with Gasteiger partial charge in [-0.25, -0.2) is 13.8 Å². The minimum atomic E-state index is -0.363. The van der Waals surface area contributed by atoms with E-state index >= 15 is 0 Å². The van der Waals surface area contributed by atoms with E-state index in [1.165, 1.54) is 12.1 Å². The van der Waals surface area contributed by atoms with Gasteiger partial charge in [-0.1, -0.05) is 29.5 Å². The lowest BCUT2D eigenvalue weighted by molar-refractivity contribution is 0.0951. The summed E-state index contributed by atoms with van der Waals surface area (Å²) in [6, 6.07) is 21.0. The van der Waals surface area contributed by atoms with Crippen LogP contribution in [0.3, 0.4) is 0 Å². The number of carbonyl (C=O) groups excluding carboxylic acids is 1. The molecule has 1 N–H and O–H groups in total. The highest BCUT2D eigenvalue weighted by Gasteiger charge is 2.19. The zero-order chi connectivity index (χ0) is 26.5. The van der Waals surface area contributed by atoms with Gasteiger partial charge in [0.05, 0.1) is 44.8 Å². The number of benzene rings is 3. The van der Waals surface area contributed by atoms with Gasteiger partial charge in [-0.05, 0) is 54.1 Å². The molecule has 2 heterocycles. The van der Waals surface area contributed by atoms with Crippen LogP contribution in [0.25, 0.3) is 16.9 Å². The highest BCUT2D eigenvalue weighted by atomic mass is 19.1. The summed E-state index contributed by atoms with van der Waals surface area (Å²) < 4.78 is 27.5. The van der Waals surface area contributed by atoms with Crippen molar-refractivity contribution >= 4 is 5.91 Å². The summed E-state index contributed by atoms with van der Waals surface area (Å²) in [4.78, 5) is 13.2. The van der Waals surface area contributed by atoms with E-state index in [1.54, 1.807) is 48.1 Å². The molecule has 5 rings (SSSR count). The molecule has 0 aliphatic rings. The molecule has 0 bridgehead atoms. The Kier molecular flexibility index (Phi) is 7.12. The molecule has 192 valence electrons. The summed E-state index contributed by atoms with van der Waals surface area (Å²) in [6.45, 7) is 0.643. The molecule has 0 saturated carbocycles. The third-order valence-electron chi connectivity index (χ3n) is 5.91. The third kappa shape index (κ3) is 5.39. The van der Waals surface area contributed by atoms with Crippen molar-refractivity contribution < 1.29 is 18.7 Å². The van der Waals surface area contributed by atoms with Crippen molar-refractivity contribution in [1.82, 2.24) is 30.1 Å². The predicted molar refractivity (Wildman–Crippen MR) is 139 cm³/mol. The van der Waals surface area contributed by atoms with Crippen molar-refractivity contribution in [3.63, 3.8) is 0 Å². The number of hydrogen-bond donors (Lipinski definition) is 1. The fraction of sp³-hybridized carbons (Fsp3) is 0.143. The van der Waals surface area contributed by atoms with Gasteiger partial charge in [0.1, 0.15) is 17.2 Å². The van der Waals surface area contributed by atoms with Crippen molar-refractivity contribution in [2.24, 2.45) is 0 Å². The lowest BCUT2D eigenvalue weighted by Gasteiger charge is -2.09. The first-order valence-corrected chi connectivity index (χ1v) is 11.8. The van der Waals surface area contributed by atoms with E-state index in [9.17, 15) is 9.18 Å². The van der Waals surface area contributed by atoms with Crippen LogP contribution in [0.2, 0.25) is 0 Å². The number of hydrogen-bond acceptors (Lipinski definition) is 6. The maximum absolute atomic E-state index is 13.5. The number of amides is 1. The molecule has 0 saturated heterocycles. The molecule has 1 amide bonds. The van der Waals surface area contributed by atoms with Gasteiger partial charge >= 0.3 is 0 Å². The second-order valence-electron chi connectivity index (χ2n) is 8.46. The van der Waals surface area contributed by atoms with E-state index in [0.717, 1.165) is 11.3 Å². The standard InChI is InChI=1S/C28H25FN6O3/c1-37-25-13-8-19(14-26(25)38-2)16-34-17-22(31-33-34)15-30-28(36)24-18-35(23-6-4-3-5-7-23)32-27(24)20-9-11-21(29)12-10-20/h3-14,17-18H,15-16H2,1-2H3,(H,30,36). The Bertz CT molecular complexity index is 1550. The number of rotatable bonds is 9. The van der Waals surface area contributed by atoms with Crippen molar-refractivity contribution in [2.45, 2.75) is 13.1 Å². The van der Waals surface area contributed by atoms with Gasteiger partial charge in [0.25, 0.3) is 5.91 Å². The average Bonchev–Trinajstić information content (AvgIpc) is 3.60. The first-order chi connectivity index (χ1) is 18.5. The normalized spacial score (nSPS) is 10.8. The van der Waals surface area contributed by atoms with Crippen molar-refractivity contribution in [2.75, 3.05) is 14.2 Å². The van der Waals surface area contributed by atoms with E-state index < -0.39 is 0 Å². The highest BCUT2D eigenvalue weighted by Crippen LogP contribution is 2.28. The van der Waals surface area contributed by atoms with Crippen LogP contribution in [0, 0.1) is 5.82 Å². The fourth-order valence-electron chi connectivity index (χ4n) is 4.00. The van der Waals surface area contributed by atoms with Crippen LogP contribution < -0.4 is 14.8 Å². The predicted octanol–water partition coefficient (Wildman–Crippen LogP) is 4.27. The number of ether oxygens (including phenoxy) is 2. The Hall–Kier alpha value is -4.99. The van der Waals surface area contributed by atoms with Crippen LogP contribution in [0.5, 0.6) is 11.5 Å². The number of methoxy groups -OCH3 is 2. The molecule has 9 nitrogen and oxygen atoms in total. The average molecular weight is 513 g/mol. The lowest BCUT2D eigenvalue weighted by Crippen LogP contribution is -2.23. The zero-order valence-electron chi connectivity index (χ0n) is 20.8. The Morgan fingerprint density at radius 3 is 2.45 bits per heavy atom. The number of nitrogens with zero attached hydrogens (tertiary/aromatic N) is 5. The number of carbonyl (C=O) groups is 1. The summed E-state index contributed by atoms with van der Waals surface area (Å²) >= 11 is 0. The molecule has 0 aliphatic heterocycles. The van der Waals surface area contributed by atoms with Crippen molar-refractivity contribution in [1.29, 1.82) is 0 Å². The van der Waals surface area contributed by atoms with Crippen LogP contribution in [-0.4, -0.2) is 44.9 Å². The van der Waals surface area contributed by atoms with E-state index in [1.807, 2.05) is 48.5 Å². The number of aromatic nitrogens is 5. The summed E-state index contributed by atoms with van der Waals surface area (Å²) in [7, 11) is 3.17. The van der Waals surface area contributed by atoms with E-state index in [4.69, 9.17) is 9.47 Å². The Morgan fingerprint density at radius 2 is 1.71 bits per heavy atom. The summed E-state index contributed by atoms with van der Waals surface area (Å²) in [5.41, 5.74) is 3.79.